The molecule has 6 heteroatoms. The number of halogens is 2. The molecule has 0 fully saturated rings. The molecule has 0 spiro atoms. The highest BCUT2D eigenvalue weighted by Gasteiger charge is 2.11. The first-order valence-corrected chi connectivity index (χ1v) is 7.94. The van der Waals surface area contributed by atoms with Gasteiger partial charge in [0.25, 0.3) is 5.89 Å². The van der Waals surface area contributed by atoms with Gasteiger partial charge in [0, 0.05) is 5.56 Å². The standard InChI is InChI=1S/C17H12BrClN2O2/c1-22-15-8-7-11(9-13(15)18)10-14(19)17-20-16(21-23-17)12-5-3-2-4-6-12/h2-10H,1H3/b14-10-. The van der Waals surface area contributed by atoms with Gasteiger partial charge in [0.2, 0.25) is 5.82 Å². The van der Waals surface area contributed by atoms with Crippen molar-refractivity contribution in [3.63, 3.8) is 0 Å². The minimum Gasteiger partial charge on any atom is -0.496 e. The summed E-state index contributed by atoms with van der Waals surface area (Å²) in [7, 11) is 1.62. The lowest BCUT2D eigenvalue weighted by Gasteiger charge is -2.03. The number of aromatic nitrogens is 2. The van der Waals surface area contributed by atoms with Gasteiger partial charge in [0.15, 0.2) is 0 Å². The van der Waals surface area contributed by atoms with E-state index in [0.717, 1.165) is 21.3 Å². The maximum atomic E-state index is 6.29. The Hall–Kier alpha value is -2.11. The van der Waals surface area contributed by atoms with Crippen molar-refractivity contribution in [3.8, 4) is 17.1 Å². The highest BCUT2D eigenvalue weighted by atomic mass is 79.9. The van der Waals surface area contributed by atoms with Crippen LogP contribution in [-0.2, 0) is 0 Å². The van der Waals surface area contributed by atoms with Crippen LogP contribution < -0.4 is 4.74 Å². The zero-order valence-corrected chi connectivity index (χ0v) is 14.5. The molecule has 0 aliphatic carbocycles. The van der Waals surface area contributed by atoms with E-state index in [2.05, 4.69) is 26.1 Å². The second-order valence-electron chi connectivity index (χ2n) is 4.68. The zero-order valence-electron chi connectivity index (χ0n) is 12.2. The van der Waals surface area contributed by atoms with Gasteiger partial charge in [-0.2, -0.15) is 4.98 Å². The molecule has 23 heavy (non-hydrogen) atoms. The second kappa shape index (κ2) is 6.98. The molecule has 1 aromatic heterocycles. The Bertz CT molecular complexity index is 847. The van der Waals surface area contributed by atoms with Crippen LogP contribution in [0.4, 0.5) is 0 Å². The largest absolute Gasteiger partial charge is 0.496 e. The Kier molecular flexibility index (Phi) is 4.79. The van der Waals surface area contributed by atoms with Crippen LogP contribution in [0.3, 0.4) is 0 Å². The molecule has 0 bridgehead atoms. The van der Waals surface area contributed by atoms with Gasteiger partial charge in [-0.05, 0) is 39.7 Å². The summed E-state index contributed by atoms with van der Waals surface area (Å²) < 4.78 is 11.3. The molecular formula is C17H12BrClN2O2. The Morgan fingerprint density at radius 2 is 2.00 bits per heavy atom. The molecule has 3 aromatic rings. The minimum absolute atomic E-state index is 0.275. The average Bonchev–Trinajstić information content (AvgIpc) is 3.06. The third kappa shape index (κ3) is 3.63. The van der Waals surface area contributed by atoms with E-state index < -0.39 is 0 Å². The second-order valence-corrected chi connectivity index (χ2v) is 5.94. The number of ether oxygens (including phenoxy) is 1. The molecule has 0 unspecified atom stereocenters. The molecule has 0 amide bonds. The van der Waals surface area contributed by atoms with Crippen molar-refractivity contribution in [1.82, 2.24) is 10.1 Å². The topological polar surface area (TPSA) is 48.2 Å². The van der Waals surface area contributed by atoms with E-state index in [1.165, 1.54) is 0 Å². The Morgan fingerprint density at radius 1 is 1.22 bits per heavy atom. The molecule has 0 radical (unpaired) electrons. The van der Waals surface area contributed by atoms with Crippen LogP contribution in [0.15, 0.2) is 57.5 Å². The zero-order chi connectivity index (χ0) is 16.2. The predicted molar refractivity (Wildman–Crippen MR) is 94.2 cm³/mol. The van der Waals surface area contributed by atoms with Crippen molar-refractivity contribution < 1.29 is 9.26 Å². The normalized spacial score (nSPS) is 11.5. The molecule has 3 rings (SSSR count). The molecule has 116 valence electrons. The van der Waals surface area contributed by atoms with Gasteiger partial charge < -0.3 is 9.26 Å². The minimum atomic E-state index is 0.275. The fourth-order valence-electron chi connectivity index (χ4n) is 2.01. The molecule has 0 saturated heterocycles. The Labute approximate surface area is 146 Å². The van der Waals surface area contributed by atoms with Gasteiger partial charge in [-0.3, -0.25) is 0 Å². The lowest BCUT2D eigenvalue weighted by atomic mass is 10.2. The van der Waals surface area contributed by atoms with Crippen LogP contribution >= 0.6 is 27.5 Å². The summed E-state index contributed by atoms with van der Waals surface area (Å²) >= 11 is 9.73. The van der Waals surface area contributed by atoms with Crippen molar-refractivity contribution in [2.75, 3.05) is 7.11 Å². The number of hydrogen-bond donors (Lipinski definition) is 0. The van der Waals surface area contributed by atoms with E-state index in [9.17, 15) is 0 Å². The Balaban J connectivity index is 1.87. The van der Waals surface area contributed by atoms with Crippen molar-refractivity contribution in [2.45, 2.75) is 0 Å². The third-order valence-corrected chi connectivity index (χ3v) is 4.02. The summed E-state index contributed by atoms with van der Waals surface area (Å²) in [5.41, 5.74) is 1.77. The number of nitrogens with zero attached hydrogens (tertiary/aromatic N) is 2. The molecular weight excluding hydrogens is 380 g/mol. The van der Waals surface area contributed by atoms with E-state index in [0.29, 0.717) is 10.9 Å². The predicted octanol–water partition coefficient (Wildman–Crippen LogP) is 5.24. The summed E-state index contributed by atoms with van der Waals surface area (Å²) in [5, 5.41) is 4.33. The van der Waals surface area contributed by atoms with Gasteiger partial charge in [0.1, 0.15) is 10.8 Å². The van der Waals surface area contributed by atoms with Gasteiger partial charge in [0.05, 0.1) is 11.6 Å². The van der Waals surface area contributed by atoms with Crippen LogP contribution in [-0.4, -0.2) is 17.3 Å². The van der Waals surface area contributed by atoms with E-state index in [4.69, 9.17) is 20.9 Å². The SMILES string of the molecule is COc1ccc(/C=C(\Cl)c2nc(-c3ccccc3)no2)cc1Br. The maximum Gasteiger partial charge on any atom is 0.269 e. The number of rotatable bonds is 4. The first-order chi connectivity index (χ1) is 11.2. The van der Waals surface area contributed by atoms with Crippen LogP contribution in [0.1, 0.15) is 11.5 Å². The van der Waals surface area contributed by atoms with Crippen molar-refractivity contribution in [1.29, 1.82) is 0 Å². The summed E-state index contributed by atoms with van der Waals surface area (Å²) in [4.78, 5) is 4.32. The Morgan fingerprint density at radius 3 is 2.70 bits per heavy atom. The summed E-state index contributed by atoms with van der Waals surface area (Å²) in [6, 6.07) is 15.2. The fourth-order valence-corrected chi connectivity index (χ4v) is 2.77. The first kappa shape index (κ1) is 15.8. The van der Waals surface area contributed by atoms with Gasteiger partial charge in [-0.1, -0.05) is 53.2 Å². The van der Waals surface area contributed by atoms with E-state index in [1.807, 2.05) is 48.5 Å². The van der Waals surface area contributed by atoms with Gasteiger partial charge in [-0.15, -0.1) is 0 Å². The monoisotopic (exact) mass is 390 g/mol. The van der Waals surface area contributed by atoms with E-state index >= 15 is 0 Å². The van der Waals surface area contributed by atoms with Crippen molar-refractivity contribution in [2.24, 2.45) is 0 Å². The molecule has 1 heterocycles. The fraction of sp³-hybridized carbons (Fsp3) is 0.0588. The summed E-state index contributed by atoms with van der Waals surface area (Å²) in [6.07, 6.45) is 1.76. The van der Waals surface area contributed by atoms with Gasteiger partial charge in [-0.25, -0.2) is 0 Å². The quantitative estimate of drug-likeness (QED) is 0.610. The first-order valence-electron chi connectivity index (χ1n) is 6.77. The van der Waals surface area contributed by atoms with E-state index in [1.54, 1.807) is 13.2 Å². The summed E-state index contributed by atoms with van der Waals surface area (Å²) in [6.45, 7) is 0. The lowest BCUT2D eigenvalue weighted by Crippen LogP contribution is -1.85. The number of hydrogen-bond acceptors (Lipinski definition) is 4. The molecule has 0 saturated carbocycles. The van der Waals surface area contributed by atoms with E-state index in [-0.39, 0.29) is 5.89 Å². The summed E-state index contributed by atoms with van der Waals surface area (Å²) in [5.74, 6) is 1.53. The highest BCUT2D eigenvalue weighted by molar-refractivity contribution is 9.10. The smallest absolute Gasteiger partial charge is 0.269 e. The lowest BCUT2D eigenvalue weighted by molar-refractivity contribution is 0.410. The van der Waals surface area contributed by atoms with Crippen LogP contribution in [0.25, 0.3) is 22.5 Å². The maximum absolute atomic E-state index is 6.29. The molecule has 0 aliphatic heterocycles. The molecule has 0 atom stereocenters. The molecule has 0 aliphatic rings. The number of methoxy groups -OCH3 is 1. The van der Waals surface area contributed by atoms with Crippen LogP contribution in [0.2, 0.25) is 0 Å². The highest BCUT2D eigenvalue weighted by Crippen LogP contribution is 2.29. The van der Waals surface area contributed by atoms with Crippen molar-refractivity contribution >= 4 is 38.6 Å². The molecule has 2 aromatic carbocycles. The van der Waals surface area contributed by atoms with Crippen LogP contribution in [0, 0.1) is 0 Å². The third-order valence-electron chi connectivity index (χ3n) is 3.13. The van der Waals surface area contributed by atoms with Gasteiger partial charge >= 0.3 is 0 Å². The number of benzene rings is 2. The molecule has 4 nitrogen and oxygen atoms in total. The van der Waals surface area contributed by atoms with Crippen LogP contribution in [0.5, 0.6) is 5.75 Å². The molecule has 0 N–H and O–H groups in total. The van der Waals surface area contributed by atoms with Crippen molar-refractivity contribution in [3.05, 3.63) is 64.5 Å². The average molecular weight is 392 g/mol.